The first kappa shape index (κ1) is 18.8. The Morgan fingerprint density at radius 3 is 1.93 bits per heavy atom. The number of phenols is 2. The molecule has 0 unspecified atom stereocenters. The largest absolute Gasteiger partial charge is 0.508 e. The number of benzene rings is 4. The van der Waals surface area contributed by atoms with Crippen LogP contribution in [0.25, 0.3) is 21.9 Å². The van der Waals surface area contributed by atoms with Gasteiger partial charge in [0.1, 0.15) is 11.5 Å². The molecule has 0 aliphatic carbocycles. The second-order valence-electron chi connectivity index (χ2n) is 7.54. The van der Waals surface area contributed by atoms with Crippen LogP contribution < -0.4 is 0 Å². The van der Waals surface area contributed by atoms with E-state index in [1.165, 1.54) is 17.7 Å². The number of ketones is 1. The van der Waals surface area contributed by atoms with Crippen molar-refractivity contribution in [2.24, 2.45) is 0 Å². The molecule has 0 aromatic heterocycles. The predicted octanol–water partition coefficient (Wildman–Crippen LogP) is 6.07. The summed E-state index contributed by atoms with van der Waals surface area (Å²) in [4.78, 5) is 13.4. The van der Waals surface area contributed by atoms with Gasteiger partial charge in [-0.05, 0) is 90.7 Å². The highest BCUT2D eigenvalue weighted by Crippen LogP contribution is 2.39. The fraction of sp³-hybridized carbons (Fsp3) is 0.115. The number of rotatable bonds is 3. The van der Waals surface area contributed by atoms with Crippen molar-refractivity contribution >= 4 is 16.6 Å². The maximum absolute atomic E-state index is 13.4. The van der Waals surface area contributed by atoms with Gasteiger partial charge in [0.2, 0.25) is 0 Å². The summed E-state index contributed by atoms with van der Waals surface area (Å²) in [7, 11) is 0. The minimum absolute atomic E-state index is 0.121. The van der Waals surface area contributed by atoms with Crippen molar-refractivity contribution < 1.29 is 15.0 Å². The first-order chi connectivity index (χ1) is 13.8. The van der Waals surface area contributed by atoms with Gasteiger partial charge in [-0.2, -0.15) is 0 Å². The Morgan fingerprint density at radius 1 is 0.690 bits per heavy atom. The molecule has 144 valence electrons. The van der Waals surface area contributed by atoms with Crippen LogP contribution in [0.5, 0.6) is 11.5 Å². The van der Waals surface area contributed by atoms with Crippen LogP contribution in [0.4, 0.5) is 0 Å². The molecule has 0 fully saturated rings. The Balaban J connectivity index is 2.07. The molecule has 4 aromatic carbocycles. The summed E-state index contributed by atoms with van der Waals surface area (Å²) in [5.41, 5.74) is 6.24. The molecule has 0 saturated heterocycles. The van der Waals surface area contributed by atoms with Crippen molar-refractivity contribution in [2.45, 2.75) is 20.8 Å². The normalized spacial score (nSPS) is 11.0. The lowest BCUT2D eigenvalue weighted by Crippen LogP contribution is -2.05. The van der Waals surface area contributed by atoms with E-state index in [2.05, 4.69) is 19.1 Å². The molecule has 0 bridgehead atoms. The van der Waals surface area contributed by atoms with E-state index in [0.29, 0.717) is 11.1 Å². The number of phenolic OH excluding ortho intramolecular Hbond substituents is 2. The monoisotopic (exact) mass is 382 g/mol. The van der Waals surface area contributed by atoms with Crippen LogP contribution in [0.3, 0.4) is 0 Å². The van der Waals surface area contributed by atoms with Crippen LogP contribution in [-0.2, 0) is 0 Å². The van der Waals surface area contributed by atoms with Gasteiger partial charge < -0.3 is 10.2 Å². The van der Waals surface area contributed by atoms with Crippen LogP contribution >= 0.6 is 0 Å². The zero-order chi connectivity index (χ0) is 20.7. The SMILES string of the molecule is Cc1cc(C)c(-c2c(C(=O)c3ccc(O)cc3)ccc3ccc(O)cc23)c(C)c1. The predicted molar refractivity (Wildman–Crippen MR) is 117 cm³/mol. The molecule has 0 heterocycles. The van der Waals surface area contributed by atoms with E-state index in [-0.39, 0.29) is 17.3 Å². The lowest BCUT2D eigenvalue weighted by molar-refractivity contribution is 0.103. The smallest absolute Gasteiger partial charge is 0.193 e. The minimum atomic E-state index is -0.121. The van der Waals surface area contributed by atoms with Gasteiger partial charge in [0, 0.05) is 16.7 Å². The van der Waals surface area contributed by atoms with Crippen LogP contribution in [0.15, 0.2) is 66.7 Å². The molecule has 29 heavy (non-hydrogen) atoms. The van der Waals surface area contributed by atoms with E-state index in [1.54, 1.807) is 24.3 Å². The number of carbonyl (C=O) groups is 1. The number of aromatic hydroxyl groups is 2. The molecule has 0 amide bonds. The standard InChI is InChI=1S/C26H22O3/c1-15-12-16(2)24(17(3)13-15)25-22(26(29)19-5-8-20(27)9-6-19)11-7-18-4-10-21(28)14-23(18)25/h4-14,27-28H,1-3H3. The molecular weight excluding hydrogens is 360 g/mol. The first-order valence-corrected chi connectivity index (χ1v) is 9.53. The second-order valence-corrected chi connectivity index (χ2v) is 7.54. The molecule has 0 saturated carbocycles. The molecule has 4 aromatic rings. The highest BCUT2D eigenvalue weighted by atomic mass is 16.3. The summed E-state index contributed by atoms with van der Waals surface area (Å²) in [6, 6.07) is 19.5. The van der Waals surface area contributed by atoms with Crippen molar-refractivity contribution in [2.75, 3.05) is 0 Å². The molecule has 2 N–H and O–H groups in total. The Labute approximate surface area is 169 Å². The molecule has 4 rings (SSSR count). The van der Waals surface area contributed by atoms with Crippen molar-refractivity contribution in [3.8, 4) is 22.6 Å². The van der Waals surface area contributed by atoms with Gasteiger partial charge in [0.05, 0.1) is 0 Å². The van der Waals surface area contributed by atoms with Crippen molar-refractivity contribution in [3.05, 3.63) is 94.5 Å². The number of hydrogen-bond donors (Lipinski definition) is 2. The van der Waals surface area contributed by atoms with Crippen LogP contribution in [0, 0.1) is 20.8 Å². The fourth-order valence-corrected chi connectivity index (χ4v) is 4.11. The molecule has 3 nitrogen and oxygen atoms in total. The first-order valence-electron chi connectivity index (χ1n) is 9.53. The molecule has 0 spiro atoms. The maximum Gasteiger partial charge on any atom is 0.193 e. The van der Waals surface area contributed by atoms with Crippen LogP contribution in [0.1, 0.15) is 32.6 Å². The fourth-order valence-electron chi connectivity index (χ4n) is 4.11. The van der Waals surface area contributed by atoms with Gasteiger partial charge >= 0.3 is 0 Å². The second kappa shape index (κ2) is 7.10. The van der Waals surface area contributed by atoms with Gasteiger partial charge in [-0.1, -0.05) is 29.8 Å². The summed E-state index contributed by atoms with van der Waals surface area (Å²) >= 11 is 0. The van der Waals surface area contributed by atoms with E-state index in [4.69, 9.17) is 0 Å². The van der Waals surface area contributed by atoms with E-state index < -0.39 is 0 Å². The lowest BCUT2D eigenvalue weighted by Gasteiger charge is -2.18. The Hall–Kier alpha value is -3.59. The van der Waals surface area contributed by atoms with E-state index >= 15 is 0 Å². The van der Waals surface area contributed by atoms with Crippen LogP contribution in [0.2, 0.25) is 0 Å². The average Bonchev–Trinajstić information content (AvgIpc) is 2.67. The van der Waals surface area contributed by atoms with Crippen molar-refractivity contribution in [1.29, 1.82) is 0 Å². The molecule has 0 atom stereocenters. The number of carbonyl (C=O) groups excluding carboxylic acids is 1. The summed E-state index contributed by atoms with van der Waals surface area (Å²) < 4.78 is 0. The molecule has 3 heteroatoms. The number of aryl methyl sites for hydroxylation is 3. The van der Waals surface area contributed by atoms with Crippen molar-refractivity contribution in [3.63, 3.8) is 0 Å². The number of fused-ring (bicyclic) bond motifs is 1. The Kier molecular flexibility index (Phi) is 4.59. The quantitative estimate of drug-likeness (QED) is 0.423. The summed E-state index contributed by atoms with van der Waals surface area (Å²) in [6.45, 7) is 6.15. The highest BCUT2D eigenvalue weighted by molar-refractivity contribution is 6.17. The summed E-state index contributed by atoms with van der Waals surface area (Å²) in [5, 5.41) is 21.5. The Bertz CT molecular complexity index is 1230. The molecule has 0 aliphatic heterocycles. The minimum Gasteiger partial charge on any atom is -0.508 e. The average molecular weight is 382 g/mol. The Morgan fingerprint density at radius 2 is 1.28 bits per heavy atom. The van der Waals surface area contributed by atoms with E-state index in [9.17, 15) is 15.0 Å². The summed E-state index contributed by atoms with van der Waals surface area (Å²) in [5.74, 6) is 0.162. The zero-order valence-corrected chi connectivity index (χ0v) is 16.7. The third-order valence-corrected chi connectivity index (χ3v) is 5.31. The molecule has 0 aliphatic rings. The third kappa shape index (κ3) is 3.36. The summed E-state index contributed by atoms with van der Waals surface area (Å²) in [6.07, 6.45) is 0. The van der Waals surface area contributed by atoms with E-state index in [0.717, 1.165) is 33.0 Å². The van der Waals surface area contributed by atoms with E-state index in [1.807, 2.05) is 32.0 Å². The van der Waals surface area contributed by atoms with Gasteiger partial charge in [-0.25, -0.2) is 0 Å². The molecular formula is C26H22O3. The lowest BCUT2D eigenvalue weighted by atomic mass is 9.85. The van der Waals surface area contributed by atoms with Crippen LogP contribution in [-0.4, -0.2) is 16.0 Å². The van der Waals surface area contributed by atoms with Crippen molar-refractivity contribution in [1.82, 2.24) is 0 Å². The van der Waals surface area contributed by atoms with Gasteiger partial charge in [-0.3, -0.25) is 4.79 Å². The highest BCUT2D eigenvalue weighted by Gasteiger charge is 2.20. The van der Waals surface area contributed by atoms with Gasteiger partial charge in [0.15, 0.2) is 5.78 Å². The number of hydrogen-bond acceptors (Lipinski definition) is 3. The zero-order valence-electron chi connectivity index (χ0n) is 16.7. The maximum atomic E-state index is 13.4. The molecule has 0 radical (unpaired) electrons. The van der Waals surface area contributed by atoms with Gasteiger partial charge in [0.25, 0.3) is 0 Å². The van der Waals surface area contributed by atoms with Gasteiger partial charge in [-0.15, -0.1) is 0 Å². The topological polar surface area (TPSA) is 57.5 Å². The third-order valence-electron chi connectivity index (χ3n) is 5.31.